The Morgan fingerprint density at radius 3 is 1.70 bits per heavy atom. The maximum Gasteiger partial charge on any atom is 0.329 e. The normalized spacial score (nSPS) is 21.2. The minimum Gasteiger partial charge on any atom is -0.481 e. The zero-order valence-electron chi connectivity index (χ0n) is 63.8. The van der Waals surface area contributed by atoms with Crippen LogP contribution in [-0.4, -0.2) is 248 Å². The second-order valence-electron chi connectivity index (χ2n) is 27.7. The van der Waals surface area contributed by atoms with Crippen LogP contribution in [0.2, 0.25) is 0 Å². The Balaban J connectivity index is 1.88. The smallest absolute Gasteiger partial charge is 0.329 e. The molecule has 14 amide bonds. The standard InChI is InChI=1S/C72H101N17O26/c1-34(2)15-8-6-7-9-21-53(93)81-44(24-38-30-76-42-19-13-11-16-39(38)42)66(108)84-45(26-52(75)92)67(109)86-48(29-59(102)103)68(110)89-61-37(5)115-72(114)49(25-51(91)40-17-10-12-18-41(40)74)87-71(113)60(35(3)23-56(96)97)88-69(111)50(33-90)82-55(95)31-77-63(105)46(27-57(98)99)83-62(104)36(4)79-65(107)47(28-58(100)101)85-64(106)43(20-14-22-73)80-54(94)32-78-70(61)112/h10-13,16-19,30,34-37,43-50,60-61,76,90H,6-9,14-15,20-29,31-33,73-74H2,1-5H3,(H2,75,92)(H,77,105)(H,78,112)(H,79,107)(H,80,94)(H,81,93)(H,82,95)(H,83,104)(H,84,108)(H,85,106)(H,86,109)(H,87,113)(H,88,111)(H,89,110)(H,96,97)(H,98,99)(H,100,101)(H,102,103)/t35-,36-,37-,43+,44+,45+,46+,47+,48+,49+,50-,60+,61+/m1/s1. The third-order valence-corrected chi connectivity index (χ3v) is 17.8. The molecule has 43 nitrogen and oxygen atoms in total. The Kier molecular flexibility index (Phi) is 38.7. The number of ketones is 1. The number of carbonyl (C=O) groups is 20. The predicted molar refractivity (Wildman–Crippen MR) is 400 cm³/mol. The number of benzene rings is 2. The number of primary amides is 1. The first kappa shape index (κ1) is 94.7. The van der Waals surface area contributed by atoms with Crippen LogP contribution in [0, 0.1) is 11.8 Å². The zero-order chi connectivity index (χ0) is 85.9. The van der Waals surface area contributed by atoms with Gasteiger partial charge in [-0.25, -0.2) is 4.79 Å². The van der Waals surface area contributed by atoms with Gasteiger partial charge in [0.1, 0.15) is 72.6 Å². The van der Waals surface area contributed by atoms with Gasteiger partial charge in [0.25, 0.3) is 0 Å². The van der Waals surface area contributed by atoms with Gasteiger partial charge in [-0.05, 0) is 75.3 Å². The molecule has 3 aromatic rings. The highest BCUT2D eigenvalue weighted by Gasteiger charge is 2.41. The lowest BCUT2D eigenvalue weighted by molar-refractivity contribution is -0.156. The number of aliphatic hydroxyl groups is 1. The monoisotopic (exact) mass is 1620 g/mol. The summed E-state index contributed by atoms with van der Waals surface area (Å²) in [5.41, 5.74) is 18.1. The van der Waals surface area contributed by atoms with Crippen molar-refractivity contribution in [2.75, 3.05) is 32.0 Å². The highest BCUT2D eigenvalue weighted by atomic mass is 16.5. The molecular formula is C72H101N17O26. The number of hydrogen-bond acceptors (Lipinski definition) is 24. The molecular weight excluding hydrogens is 1520 g/mol. The van der Waals surface area contributed by atoms with Crippen molar-refractivity contribution in [1.82, 2.24) is 74.1 Å². The maximum atomic E-state index is 14.8. The summed E-state index contributed by atoms with van der Waals surface area (Å²) in [6.07, 6.45) is -4.51. The SMILES string of the molecule is CC(C)CCCCCCC(=O)N[C@@H](Cc1c[nH]c2ccccc12)C(=O)N[C@@H](CC(N)=O)C(=O)N[C@@H](CC(=O)O)C(=O)N[C@@H]1C(=O)NCC(=O)N[C@@H](CCCN)C(=O)N[C@@H](CC(=O)O)C(=O)N[C@H](C)C(=O)N[C@@H](CC(=O)O)C(=O)NCC(=O)N[C@H](CO)C(=O)N[C@@H]([C@H](C)CC(=O)O)C(=O)N[C@@H](CC(=O)c2ccccc2N)C(=O)O[C@@H]1C. The van der Waals surface area contributed by atoms with E-state index in [1.807, 2.05) is 16.0 Å². The number of para-hydroxylation sites is 2. The van der Waals surface area contributed by atoms with E-state index in [1.54, 1.807) is 30.5 Å². The van der Waals surface area contributed by atoms with Gasteiger partial charge in [-0.15, -0.1) is 0 Å². The molecule has 1 aliphatic heterocycles. The molecule has 1 fully saturated rings. The maximum absolute atomic E-state index is 14.8. The number of aliphatic hydroxyl groups excluding tert-OH is 1. The number of nitrogens with one attached hydrogen (secondary N) is 14. The summed E-state index contributed by atoms with van der Waals surface area (Å²) in [6, 6.07) is -10.6. The Morgan fingerprint density at radius 2 is 1.10 bits per heavy atom. The number of anilines is 1. The third kappa shape index (κ3) is 32.5. The number of carbonyl (C=O) groups excluding carboxylic acids is 16. The number of Topliss-reactive ketones (excluding diaryl/α,β-unsaturated/α-hetero) is 1. The summed E-state index contributed by atoms with van der Waals surface area (Å²) in [5.74, 6) is -29.3. The van der Waals surface area contributed by atoms with Crippen molar-refractivity contribution in [2.24, 2.45) is 23.3 Å². The van der Waals surface area contributed by atoms with Crippen LogP contribution in [0.3, 0.4) is 0 Å². The highest BCUT2D eigenvalue weighted by Crippen LogP contribution is 2.22. The molecule has 43 heteroatoms. The quantitative estimate of drug-likeness (QED) is 0.0115. The predicted octanol–water partition coefficient (Wildman–Crippen LogP) is -5.77. The molecule has 25 N–H and O–H groups in total. The van der Waals surface area contributed by atoms with Gasteiger partial charge in [-0.3, -0.25) is 91.1 Å². The number of rotatable bonds is 34. The molecule has 1 aliphatic rings. The van der Waals surface area contributed by atoms with Crippen LogP contribution in [0.5, 0.6) is 0 Å². The Labute approximate surface area is 657 Å². The molecule has 13 atom stereocenters. The van der Waals surface area contributed by atoms with E-state index >= 15 is 0 Å². The molecule has 2 heterocycles. The number of cyclic esters (lactones) is 1. The lowest BCUT2D eigenvalue weighted by Crippen LogP contribution is -2.62. The van der Waals surface area contributed by atoms with Gasteiger partial charge in [-0.2, -0.15) is 0 Å². The molecule has 1 saturated heterocycles. The fourth-order valence-corrected chi connectivity index (χ4v) is 11.7. The van der Waals surface area contributed by atoms with Crippen LogP contribution in [0.25, 0.3) is 10.9 Å². The van der Waals surface area contributed by atoms with Crippen LogP contribution in [0.4, 0.5) is 5.69 Å². The van der Waals surface area contributed by atoms with Gasteiger partial charge < -0.3 is 122 Å². The number of aromatic nitrogens is 1. The molecule has 2 aromatic carbocycles. The van der Waals surface area contributed by atoms with Crippen LogP contribution in [-0.2, 0) is 102 Å². The first-order chi connectivity index (χ1) is 54.2. The average molecular weight is 1620 g/mol. The number of amides is 14. The molecule has 0 radical (unpaired) electrons. The Morgan fingerprint density at radius 1 is 0.548 bits per heavy atom. The summed E-state index contributed by atoms with van der Waals surface area (Å²) in [4.78, 5) is 276. The third-order valence-electron chi connectivity index (χ3n) is 17.8. The van der Waals surface area contributed by atoms with Gasteiger partial charge in [0.15, 0.2) is 5.78 Å². The number of unbranched alkanes of at least 4 members (excludes halogenated alkanes) is 3. The fourth-order valence-electron chi connectivity index (χ4n) is 11.7. The van der Waals surface area contributed by atoms with E-state index in [0.29, 0.717) is 35.2 Å². The molecule has 0 bridgehead atoms. The summed E-state index contributed by atoms with van der Waals surface area (Å²) >= 11 is 0. The lowest BCUT2D eigenvalue weighted by Gasteiger charge is -2.30. The fraction of sp³-hybridized carbons (Fsp3) is 0.528. The van der Waals surface area contributed by atoms with Gasteiger partial charge in [0, 0.05) is 47.6 Å². The number of nitrogen functional groups attached to an aromatic ring is 1. The van der Waals surface area contributed by atoms with Crippen molar-refractivity contribution >= 4 is 135 Å². The number of ether oxygens (including phenoxy) is 1. The van der Waals surface area contributed by atoms with E-state index < -0.39 is 261 Å². The molecule has 0 spiro atoms. The van der Waals surface area contributed by atoms with Crippen LogP contribution < -0.4 is 86.3 Å². The second kappa shape index (κ2) is 47.0. The number of H-pyrrole nitrogens is 1. The topological polar surface area (TPSA) is 702 Å². The highest BCUT2D eigenvalue weighted by molar-refractivity contribution is 6.05. The second-order valence-corrected chi connectivity index (χ2v) is 27.7. The van der Waals surface area contributed by atoms with Crippen LogP contribution >= 0.6 is 0 Å². The zero-order valence-corrected chi connectivity index (χ0v) is 63.8. The number of fused-ring (bicyclic) bond motifs is 1. The number of aromatic amines is 1. The van der Waals surface area contributed by atoms with Crippen molar-refractivity contribution in [3.63, 3.8) is 0 Å². The molecule has 1 aromatic heterocycles. The first-order valence-corrected chi connectivity index (χ1v) is 36.7. The summed E-state index contributed by atoms with van der Waals surface area (Å²) in [6.45, 7) is 3.20. The molecule has 0 saturated carbocycles. The number of aliphatic carboxylic acids is 4. The van der Waals surface area contributed by atoms with Crippen molar-refractivity contribution in [3.05, 3.63) is 65.9 Å². The Bertz CT molecular complexity index is 4060. The molecule has 630 valence electrons. The number of carboxylic acids is 4. The largest absolute Gasteiger partial charge is 0.481 e. The summed E-state index contributed by atoms with van der Waals surface area (Å²) in [7, 11) is 0. The van der Waals surface area contributed by atoms with Gasteiger partial charge in [-0.1, -0.05) is 76.8 Å². The summed E-state index contributed by atoms with van der Waals surface area (Å²) < 4.78 is 5.68. The van der Waals surface area contributed by atoms with E-state index in [1.165, 1.54) is 24.3 Å². The van der Waals surface area contributed by atoms with Crippen molar-refractivity contribution in [3.8, 4) is 0 Å². The first-order valence-electron chi connectivity index (χ1n) is 36.7. The van der Waals surface area contributed by atoms with Crippen molar-refractivity contribution in [1.29, 1.82) is 0 Å². The van der Waals surface area contributed by atoms with E-state index in [0.717, 1.165) is 40.0 Å². The van der Waals surface area contributed by atoms with Gasteiger partial charge in [0.05, 0.1) is 51.8 Å². The van der Waals surface area contributed by atoms with E-state index in [4.69, 9.17) is 21.9 Å². The van der Waals surface area contributed by atoms with Gasteiger partial charge >= 0.3 is 29.8 Å². The molecule has 0 unspecified atom stereocenters. The minimum atomic E-state index is -2.45. The average Bonchev–Trinajstić information content (AvgIpc) is 1.68. The number of nitrogens with two attached hydrogens (primary N) is 3. The Hall–Kier alpha value is -12.7. The lowest BCUT2D eigenvalue weighted by atomic mass is 9.96. The molecule has 4 rings (SSSR count). The minimum absolute atomic E-state index is 0.0246. The van der Waals surface area contributed by atoms with Crippen molar-refractivity contribution < 1.29 is 126 Å². The van der Waals surface area contributed by atoms with Gasteiger partial charge in [0.2, 0.25) is 82.7 Å². The number of hydrogen-bond donors (Lipinski definition) is 22. The summed E-state index contributed by atoms with van der Waals surface area (Å²) in [5, 5.41) is 78.6. The van der Waals surface area contributed by atoms with Crippen LogP contribution in [0.15, 0.2) is 54.7 Å². The van der Waals surface area contributed by atoms with E-state index in [2.05, 4.69) is 72.0 Å². The number of esters is 1. The molecule has 115 heavy (non-hydrogen) atoms. The van der Waals surface area contributed by atoms with E-state index in [9.17, 15) is 121 Å². The number of carboxylic acid groups (broad SMARTS) is 4. The van der Waals surface area contributed by atoms with Crippen molar-refractivity contribution in [2.45, 2.75) is 203 Å². The molecule has 0 aliphatic carbocycles. The van der Waals surface area contributed by atoms with E-state index in [-0.39, 0.29) is 37.1 Å². The van der Waals surface area contributed by atoms with Crippen LogP contribution in [0.1, 0.15) is 140 Å².